The van der Waals surface area contributed by atoms with Crippen LogP contribution in [-0.4, -0.2) is 41.6 Å². The van der Waals surface area contributed by atoms with Gasteiger partial charge in [0.1, 0.15) is 0 Å². The number of benzene rings is 1. The largest absolute Gasteiger partial charge is 0.377 e. The van der Waals surface area contributed by atoms with Crippen LogP contribution in [-0.2, 0) is 16.1 Å². The second-order valence-electron chi connectivity index (χ2n) is 5.68. The highest BCUT2D eigenvalue weighted by atomic mass is 32.1. The summed E-state index contributed by atoms with van der Waals surface area (Å²) in [6.07, 6.45) is 4.09. The minimum Gasteiger partial charge on any atom is -0.377 e. The Bertz CT molecular complexity index is 598. The van der Waals surface area contributed by atoms with E-state index in [1.165, 1.54) is 16.9 Å². The van der Waals surface area contributed by atoms with Crippen LogP contribution in [0.5, 0.6) is 0 Å². The molecule has 1 aliphatic heterocycles. The molecule has 1 N–H and O–H groups in total. The van der Waals surface area contributed by atoms with Crippen molar-refractivity contribution >= 4 is 22.4 Å². The fourth-order valence-electron chi connectivity index (χ4n) is 2.75. The molecule has 1 atom stereocenters. The van der Waals surface area contributed by atoms with Gasteiger partial charge in [-0.15, -0.1) is 11.3 Å². The maximum Gasteiger partial charge on any atom is 0.240 e. The van der Waals surface area contributed by atoms with Crippen LogP contribution in [0.3, 0.4) is 0 Å². The number of hydrogen-bond acceptors (Lipinski definition) is 5. The minimum absolute atomic E-state index is 0.0334. The molecular weight excluding hydrogens is 310 g/mol. The van der Waals surface area contributed by atoms with Crippen molar-refractivity contribution in [1.29, 1.82) is 0 Å². The van der Waals surface area contributed by atoms with Gasteiger partial charge >= 0.3 is 0 Å². The Labute approximate surface area is 140 Å². The van der Waals surface area contributed by atoms with Gasteiger partial charge in [0.05, 0.1) is 12.6 Å². The molecule has 0 unspecified atom stereocenters. The van der Waals surface area contributed by atoms with Crippen LogP contribution in [0.1, 0.15) is 18.4 Å². The lowest BCUT2D eigenvalue weighted by Crippen LogP contribution is -2.37. The molecule has 0 aliphatic carbocycles. The molecule has 0 bridgehead atoms. The number of ether oxygens (including phenoxy) is 1. The average Bonchev–Trinajstić information content (AvgIpc) is 3.22. The molecular formula is C17H21N3O2S. The van der Waals surface area contributed by atoms with Crippen molar-refractivity contribution in [3.05, 3.63) is 47.5 Å². The summed E-state index contributed by atoms with van der Waals surface area (Å²) in [7, 11) is 0. The van der Waals surface area contributed by atoms with Crippen molar-refractivity contribution in [3.63, 3.8) is 0 Å². The van der Waals surface area contributed by atoms with E-state index in [2.05, 4.69) is 27.3 Å². The molecule has 0 saturated carbocycles. The SMILES string of the molecule is O=C(CN(Cc1ccccc1)C[C@@H]1CCCO1)Nc1nccs1. The summed E-state index contributed by atoms with van der Waals surface area (Å²) in [5.41, 5.74) is 1.20. The Morgan fingerprint density at radius 2 is 2.26 bits per heavy atom. The van der Waals surface area contributed by atoms with Crippen LogP contribution in [0.2, 0.25) is 0 Å². The molecule has 2 aromatic rings. The van der Waals surface area contributed by atoms with Crippen molar-refractivity contribution in [2.75, 3.05) is 25.0 Å². The highest BCUT2D eigenvalue weighted by Crippen LogP contribution is 2.16. The van der Waals surface area contributed by atoms with E-state index in [9.17, 15) is 4.79 Å². The van der Waals surface area contributed by atoms with Crippen LogP contribution in [0.25, 0.3) is 0 Å². The number of thiazole rings is 1. The molecule has 2 heterocycles. The first-order valence-corrected chi connectivity index (χ1v) is 8.75. The van der Waals surface area contributed by atoms with Gasteiger partial charge in [0.15, 0.2) is 5.13 Å². The normalized spacial score (nSPS) is 17.5. The lowest BCUT2D eigenvalue weighted by atomic mass is 10.2. The molecule has 3 rings (SSSR count). The van der Waals surface area contributed by atoms with Gasteiger partial charge in [0.25, 0.3) is 0 Å². The van der Waals surface area contributed by atoms with Crippen LogP contribution < -0.4 is 5.32 Å². The number of carbonyl (C=O) groups is 1. The Morgan fingerprint density at radius 3 is 2.96 bits per heavy atom. The zero-order valence-corrected chi connectivity index (χ0v) is 13.8. The predicted molar refractivity (Wildman–Crippen MR) is 91.4 cm³/mol. The Hall–Kier alpha value is -1.76. The number of nitrogens with one attached hydrogen (secondary N) is 1. The van der Waals surface area contributed by atoms with Gasteiger partial charge in [0.2, 0.25) is 5.91 Å². The zero-order chi connectivity index (χ0) is 15.9. The van der Waals surface area contributed by atoms with E-state index in [0.29, 0.717) is 11.7 Å². The topological polar surface area (TPSA) is 54.5 Å². The van der Waals surface area contributed by atoms with E-state index < -0.39 is 0 Å². The predicted octanol–water partition coefficient (Wildman–Crippen LogP) is 2.76. The van der Waals surface area contributed by atoms with Gasteiger partial charge in [-0.2, -0.15) is 0 Å². The highest BCUT2D eigenvalue weighted by molar-refractivity contribution is 7.13. The van der Waals surface area contributed by atoms with Gasteiger partial charge < -0.3 is 10.1 Å². The van der Waals surface area contributed by atoms with Crippen molar-refractivity contribution in [2.24, 2.45) is 0 Å². The summed E-state index contributed by atoms with van der Waals surface area (Å²) in [6, 6.07) is 10.2. The van der Waals surface area contributed by atoms with E-state index in [0.717, 1.165) is 32.5 Å². The molecule has 6 heteroatoms. The standard InChI is InChI=1S/C17H21N3O2S/c21-16(19-17-18-8-10-23-17)13-20(12-15-7-4-9-22-15)11-14-5-2-1-3-6-14/h1-3,5-6,8,10,15H,4,7,9,11-13H2,(H,18,19,21)/t15-/m0/s1. The molecule has 122 valence electrons. The summed E-state index contributed by atoms with van der Waals surface area (Å²) < 4.78 is 5.72. The first kappa shape index (κ1) is 16.1. The lowest BCUT2D eigenvalue weighted by Gasteiger charge is -2.24. The lowest BCUT2D eigenvalue weighted by molar-refractivity contribution is -0.117. The molecule has 1 amide bonds. The van der Waals surface area contributed by atoms with Gasteiger partial charge in [-0.05, 0) is 18.4 Å². The number of carbonyl (C=O) groups excluding carboxylic acids is 1. The number of amides is 1. The van der Waals surface area contributed by atoms with Crippen LogP contribution in [0.4, 0.5) is 5.13 Å². The highest BCUT2D eigenvalue weighted by Gasteiger charge is 2.21. The first-order valence-electron chi connectivity index (χ1n) is 7.87. The summed E-state index contributed by atoms with van der Waals surface area (Å²) in [4.78, 5) is 18.5. The molecule has 1 fully saturated rings. The molecule has 5 nitrogen and oxygen atoms in total. The number of anilines is 1. The van der Waals surface area contributed by atoms with Crippen LogP contribution in [0, 0.1) is 0 Å². The van der Waals surface area contributed by atoms with E-state index in [1.54, 1.807) is 6.20 Å². The molecule has 23 heavy (non-hydrogen) atoms. The van der Waals surface area contributed by atoms with E-state index in [1.807, 2.05) is 23.6 Å². The van der Waals surface area contributed by atoms with E-state index >= 15 is 0 Å². The van der Waals surface area contributed by atoms with Gasteiger partial charge in [-0.25, -0.2) is 4.98 Å². The van der Waals surface area contributed by atoms with Crippen molar-refractivity contribution < 1.29 is 9.53 Å². The summed E-state index contributed by atoms with van der Waals surface area (Å²) >= 11 is 1.43. The summed E-state index contributed by atoms with van der Waals surface area (Å²) in [5, 5.41) is 5.35. The van der Waals surface area contributed by atoms with Crippen LogP contribution in [0.15, 0.2) is 41.9 Å². The second kappa shape index (κ2) is 8.19. The average molecular weight is 331 g/mol. The maximum atomic E-state index is 12.3. The number of rotatable bonds is 7. The van der Waals surface area contributed by atoms with Crippen molar-refractivity contribution in [1.82, 2.24) is 9.88 Å². The fraction of sp³-hybridized carbons (Fsp3) is 0.412. The Balaban J connectivity index is 1.60. The zero-order valence-electron chi connectivity index (χ0n) is 13.0. The number of aromatic nitrogens is 1. The Morgan fingerprint density at radius 1 is 1.39 bits per heavy atom. The third-order valence-electron chi connectivity index (χ3n) is 3.78. The molecule has 1 aliphatic rings. The minimum atomic E-state index is -0.0334. The third-order valence-corrected chi connectivity index (χ3v) is 4.47. The Kier molecular flexibility index (Phi) is 5.74. The van der Waals surface area contributed by atoms with Gasteiger partial charge in [0, 0.05) is 31.3 Å². The molecule has 1 aromatic carbocycles. The molecule has 0 radical (unpaired) electrons. The molecule has 1 saturated heterocycles. The number of hydrogen-bond donors (Lipinski definition) is 1. The summed E-state index contributed by atoms with van der Waals surface area (Å²) in [6.45, 7) is 2.69. The third kappa shape index (κ3) is 5.13. The molecule has 1 aromatic heterocycles. The quantitative estimate of drug-likeness (QED) is 0.848. The first-order chi connectivity index (χ1) is 11.3. The van der Waals surface area contributed by atoms with Crippen molar-refractivity contribution in [3.8, 4) is 0 Å². The van der Waals surface area contributed by atoms with Crippen LogP contribution >= 0.6 is 11.3 Å². The number of nitrogens with zero attached hydrogens (tertiary/aromatic N) is 2. The second-order valence-corrected chi connectivity index (χ2v) is 6.57. The molecule has 0 spiro atoms. The monoisotopic (exact) mass is 331 g/mol. The van der Waals surface area contributed by atoms with Crippen molar-refractivity contribution in [2.45, 2.75) is 25.5 Å². The maximum absolute atomic E-state index is 12.3. The van der Waals surface area contributed by atoms with Gasteiger partial charge in [-0.3, -0.25) is 9.69 Å². The fourth-order valence-corrected chi connectivity index (χ4v) is 3.30. The van der Waals surface area contributed by atoms with E-state index in [-0.39, 0.29) is 12.0 Å². The van der Waals surface area contributed by atoms with E-state index in [4.69, 9.17) is 4.74 Å². The smallest absolute Gasteiger partial charge is 0.240 e. The van der Waals surface area contributed by atoms with Gasteiger partial charge in [-0.1, -0.05) is 30.3 Å². The summed E-state index contributed by atoms with van der Waals surface area (Å²) in [5.74, 6) is -0.0334.